The molecular formula is C20H25NO2. The van der Waals surface area contributed by atoms with Crippen LogP contribution in [0.3, 0.4) is 0 Å². The highest BCUT2D eigenvalue weighted by molar-refractivity contribution is 5.76. The molecule has 0 unspecified atom stereocenters. The number of aryl methyl sites for hydroxylation is 2. The zero-order valence-corrected chi connectivity index (χ0v) is 13.7. The summed E-state index contributed by atoms with van der Waals surface area (Å²) in [6.45, 7) is 3.59. The number of benzene rings is 2. The number of phenols is 1. The highest BCUT2D eigenvalue weighted by Crippen LogP contribution is 2.12. The van der Waals surface area contributed by atoms with Crippen molar-refractivity contribution in [2.24, 2.45) is 0 Å². The van der Waals surface area contributed by atoms with Crippen LogP contribution in [0.5, 0.6) is 5.75 Å². The molecule has 2 rings (SSSR count). The lowest BCUT2D eigenvalue weighted by atomic mass is 10.1. The van der Waals surface area contributed by atoms with E-state index in [0.29, 0.717) is 12.8 Å². The van der Waals surface area contributed by atoms with Crippen LogP contribution in [-0.2, 0) is 17.6 Å². The number of nitrogens with zero attached hydrogens (tertiary/aromatic N) is 1. The molecule has 0 radical (unpaired) electrons. The third kappa shape index (κ3) is 5.78. The average molecular weight is 311 g/mol. The zero-order valence-electron chi connectivity index (χ0n) is 13.7. The first kappa shape index (κ1) is 17.1. The van der Waals surface area contributed by atoms with Crippen LogP contribution in [-0.4, -0.2) is 29.0 Å². The molecule has 0 fully saturated rings. The van der Waals surface area contributed by atoms with Crippen LogP contribution in [0, 0.1) is 0 Å². The predicted octanol–water partition coefficient (Wildman–Crippen LogP) is 3.81. The molecule has 122 valence electrons. The van der Waals surface area contributed by atoms with E-state index in [2.05, 4.69) is 24.3 Å². The van der Waals surface area contributed by atoms with Crippen molar-refractivity contribution in [1.82, 2.24) is 4.90 Å². The molecule has 0 aliphatic rings. The Kier molecular flexibility index (Phi) is 6.67. The van der Waals surface area contributed by atoms with Crippen LogP contribution in [0.4, 0.5) is 0 Å². The van der Waals surface area contributed by atoms with Gasteiger partial charge in [0.05, 0.1) is 0 Å². The van der Waals surface area contributed by atoms with Gasteiger partial charge in [-0.2, -0.15) is 0 Å². The van der Waals surface area contributed by atoms with E-state index >= 15 is 0 Å². The smallest absolute Gasteiger partial charge is 0.222 e. The molecule has 0 spiro atoms. The number of hydrogen-bond acceptors (Lipinski definition) is 2. The van der Waals surface area contributed by atoms with Gasteiger partial charge in [0.1, 0.15) is 5.75 Å². The van der Waals surface area contributed by atoms with E-state index in [1.807, 2.05) is 30.0 Å². The third-order valence-corrected chi connectivity index (χ3v) is 4.03. The quantitative estimate of drug-likeness (QED) is 0.805. The molecule has 0 aliphatic heterocycles. The van der Waals surface area contributed by atoms with E-state index < -0.39 is 0 Å². The summed E-state index contributed by atoms with van der Waals surface area (Å²) in [5.41, 5.74) is 2.40. The summed E-state index contributed by atoms with van der Waals surface area (Å²) in [4.78, 5) is 14.3. The molecule has 1 N–H and O–H groups in total. The summed E-state index contributed by atoms with van der Waals surface area (Å²) in [6, 6.07) is 17.4. The zero-order chi connectivity index (χ0) is 16.5. The molecule has 1 amide bonds. The Morgan fingerprint density at radius 1 is 0.957 bits per heavy atom. The fourth-order valence-electron chi connectivity index (χ4n) is 2.65. The normalized spacial score (nSPS) is 10.5. The van der Waals surface area contributed by atoms with Crippen molar-refractivity contribution < 1.29 is 9.90 Å². The molecule has 0 atom stereocenters. The SMILES string of the molecule is CCN(CCCc1ccccc1)C(=O)CCc1ccc(O)cc1. The Hall–Kier alpha value is -2.29. The Labute approximate surface area is 138 Å². The molecule has 23 heavy (non-hydrogen) atoms. The van der Waals surface area contributed by atoms with Crippen molar-refractivity contribution in [1.29, 1.82) is 0 Å². The first-order chi connectivity index (χ1) is 11.2. The summed E-state index contributed by atoms with van der Waals surface area (Å²) >= 11 is 0. The number of rotatable bonds is 8. The topological polar surface area (TPSA) is 40.5 Å². The van der Waals surface area contributed by atoms with Crippen molar-refractivity contribution in [2.75, 3.05) is 13.1 Å². The molecule has 0 aromatic heterocycles. The van der Waals surface area contributed by atoms with Gasteiger partial charge in [-0.05, 0) is 49.4 Å². The van der Waals surface area contributed by atoms with E-state index in [1.165, 1.54) is 5.56 Å². The largest absolute Gasteiger partial charge is 0.508 e. The summed E-state index contributed by atoms with van der Waals surface area (Å²) in [7, 11) is 0. The fraction of sp³-hybridized carbons (Fsp3) is 0.350. The maximum atomic E-state index is 12.3. The number of carbonyl (C=O) groups excluding carboxylic acids is 1. The molecule has 0 aliphatic carbocycles. The second-order valence-corrected chi connectivity index (χ2v) is 5.73. The standard InChI is InChI=1S/C20H25NO2/c1-2-21(16-6-9-17-7-4-3-5-8-17)20(23)15-12-18-10-13-19(22)14-11-18/h3-5,7-8,10-11,13-14,22H,2,6,9,12,15-16H2,1H3. The van der Waals surface area contributed by atoms with Crippen molar-refractivity contribution in [3.05, 3.63) is 65.7 Å². The van der Waals surface area contributed by atoms with Gasteiger partial charge >= 0.3 is 0 Å². The van der Waals surface area contributed by atoms with Crippen LogP contribution in [0.15, 0.2) is 54.6 Å². The van der Waals surface area contributed by atoms with Gasteiger partial charge in [0.2, 0.25) is 5.91 Å². The van der Waals surface area contributed by atoms with E-state index in [1.54, 1.807) is 12.1 Å². The number of phenolic OH excluding ortho intramolecular Hbond substituents is 1. The van der Waals surface area contributed by atoms with Crippen LogP contribution in [0.1, 0.15) is 30.9 Å². The van der Waals surface area contributed by atoms with Crippen molar-refractivity contribution in [3.8, 4) is 5.75 Å². The van der Waals surface area contributed by atoms with Gasteiger partial charge in [-0.15, -0.1) is 0 Å². The maximum Gasteiger partial charge on any atom is 0.222 e. The molecule has 2 aromatic rings. The van der Waals surface area contributed by atoms with Crippen molar-refractivity contribution in [3.63, 3.8) is 0 Å². The van der Waals surface area contributed by atoms with Crippen LogP contribution >= 0.6 is 0 Å². The first-order valence-electron chi connectivity index (χ1n) is 8.28. The number of amides is 1. The number of hydrogen-bond donors (Lipinski definition) is 1. The molecule has 0 saturated carbocycles. The van der Waals surface area contributed by atoms with E-state index in [9.17, 15) is 9.90 Å². The van der Waals surface area contributed by atoms with E-state index in [4.69, 9.17) is 0 Å². The van der Waals surface area contributed by atoms with Crippen LogP contribution < -0.4 is 0 Å². The fourth-order valence-corrected chi connectivity index (χ4v) is 2.65. The lowest BCUT2D eigenvalue weighted by Crippen LogP contribution is -2.32. The summed E-state index contributed by atoms with van der Waals surface area (Å²) in [5.74, 6) is 0.463. The van der Waals surface area contributed by atoms with Gasteiger partial charge in [-0.3, -0.25) is 4.79 Å². The first-order valence-corrected chi connectivity index (χ1v) is 8.28. The van der Waals surface area contributed by atoms with Crippen molar-refractivity contribution >= 4 is 5.91 Å². The minimum atomic E-state index is 0.202. The van der Waals surface area contributed by atoms with Gasteiger partial charge in [-0.1, -0.05) is 42.5 Å². The van der Waals surface area contributed by atoms with Gasteiger partial charge in [0.15, 0.2) is 0 Å². The molecule has 2 aromatic carbocycles. The third-order valence-electron chi connectivity index (χ3n) is 4.03. The molecule has 0 bridgehead atoms. The minimum absolute atomic E-state index is 0.202. The second kappa shape index (κ2) is 8.99. The lowest BCUT2D eigenvalue weighted by molar-refractivity contribution is -0.131. The Morgan fingerprint density at radius 3 is 2.26 bits per heavy atom. The van der Waals surface area contributed by atoms with Gasteiger partial charge < -0.3 is 10.0 Å². The Morgan fingerprint density at radius 2 is 1.61 bits per heavy atom. The average Bonchev–Trinajstić information content (AvgIpc) is 2.59. The highest BCUT2D eigenvalue weighted by Gasteiger charge is 2.11. The number of carbonyl (C=O) groups is 1. The number of aromatic hydroxyl groups is 1. The molecule has 0 heterocycles. The summed E-state index contributed by atoms with van der Waals surface area (Å²) in [5, 5.41) is 9.28. The second-order valence-electron chi connectivity index (χ2n) is 5.73. The van der Waals surface area contributed by atoms with E-state index in [-0.39, 0.29) is 11.7 Å². The molecule has 0 saturated heterocycles. The van der Waals surface area contributed by atoms with Crippen molar-refractivity contribution in [2.45, 2.75) is 32.6 Å². The van der Waals surface area contributed by atoms with Gasteiger partial charge in [0, 0.05) is 19.5 Å². The molecular weight excluding hydrogens is 286 g/mol. The summed E-state index contributed by atoms with van der Waals surface area (Å²) in [6.07, 6.45) is 3.23. The molecule has 3 heteroatoms. The Balaban J connectivity index is 1.75. The van der Waals surface area contributed by atoms with Gasteiger partial charge in [0.25, 0.3) is 0 Å². The summed E-state index contributed by atoms with van der Waals surface area (Å²) < 4.78 is 0. The van der Waals surface area contributed by atoms with E-state index in [0.717, 1.165) is 31.5 Å². The monoisotopic (exact) mass is 311 g/mol. The Bertz CT molecular complexity index is 593. The maximum absolute atomic E-state index is 12.3. The highest BCUT2D eigenvalue weighted by atomic mass is 16.3. The lowest BCUT2D eigenvalue weighted by Gasteiger charge is -2.21. The van der Waals surface area contributed by atoms with Gasteiger partial charge in [-0.25, -0.2) is 0 Å². The van der Waals surface area contributed by atoms with Crippen LogP contribution in [0.2, 0.25) is 0 Å². The molecule has 3 nitrogen and oxygen atoms in total. The minimum Gasteiger partial charge on any atom is -0.508 e. The predicted molar refractivity (Wildman–Crippen MR) is 93.4 cm³/mol. The van der Waals surface area contributed by atoms with Crippen LogP contribution in [0.25, 0.3) is 0 Å².